The molecule has 3 amide bonds. The van der Waals surface area contributed by atoms with Gasteiger partial charge in [0.05, 0.1) is 4.91 Å². The molecule has 1 fully saturated rings. The number of carbonyl (C=O) groups is 3. The van der Waals surface area contributed by atoms with Crippen LogP contribution in [0.25, 0.3) is 6.08 Å². The molecule has 0 bridgehead atoms. The highest BCUT2D eigenvalue weighted by molar-refractivity contribution is 8.18. The first-order chi connectivity index (χ1) is 11.2. The minimum absolute atomic E-state index is 0.0844. The predicted octanol–water partition coefficient (Wildman–Crippen LogP) is 3.02. The molecule has 1 aliphatic heterocycles. The van der Waals surface area contributed by atoms with Gasteiger partial charge in [0, 0.05) is 24.1 Å². The van der Waals surface area contributed by atoms with Crippen molar-refractivity contribution in [3.8, 4) is 0 Å². The number of hydrogen-bond acceptors (Lipinski definition) is 4. The fourth-order valence-corrected chi connectivity index (χ4v) is 2.83. The molecule has 0 saturated carbocycles. The van der Waals surface area contributed by atoms with Gasteiger partial charge in [-0.1, -0.05) is 39.0 Å². The zero-order chi connectivity index (χ0) is 17.9. The van der Waals surface area contributed by atoms with Gasteiger partial charge < -0.3 is 5.32 Å². The van der Waals surface area contributed by atoms with Gasteiger partial charge in [-0.25, -0.2) is 4.39 Å². The summed E-state index contributed by atoms with van der Waals surface area (Å²) in [5, 5.41) is 2.27. The zero-order valence-electron chi connectivity index (χ0n) is 13.8. The largest absolute Gasteiger partial charge is 0.354 e. The fourth-order valence-electron chi connectivity index (χ4n) is 1.97. The monoisotopic (exact) mass is 350 g/mol. The van der Waals surface area contributed by atoms with Crippen LogP contribution < -0.4 is 5.32 Å². The van der Waals surface area contributed by atoms with Crippen molar-refractivity contribution in [3.63, 3.8) is 0 Å². The molecule has 1 heterocycles. The van der Waals surface area contributed by atoms with Gasteiger partial charge in [-0.3, -0.25) is 19.3 Å². The van der Waals surface area contributed by atoms with E-state index in [1.165, 1.54) is 18.2 Å². The summed E-state index contributed by atoms with van der Waals surface area (Å²) in [5.74, 6) is -1.09. The van der Waals surface area contributed by atoms with E-state index in [9.17, 15) is 18.8 Å². The summed E-state index contributed by atoms with van der Waals surface area (Å²) in [4.78, 5) is 37.3. The fraction of sp³-hybridized carbons (Fsp3) is 0.353. The first kappa shape index (κ1) is 18.2. The van der Waals surface area contributed by atoms with Crippen molar-refractivity contribution in [2.45, 2.75) is 20.8 Å². The molecule has 0 atom stereocenters. The van der Waals surface area contributed by atoms with Crippen LogP contribution in [0.5, 0.6) is 0 Å². The van der Waals surface area contributed by atoms with Crippen LogP contribution in [0.2, 0.25) is 0 Å². The van der Waals surface area contributed by atoms with Crippen molar-refractivity contribution in [1.29, 1.82) is 0 Å². The number of benzene rings is 1. The summed E-state index contributed by atoms with van der Waals surface area (Å²) in [7, 11) is 0. The van der Waals surface area contributed by atoms with E-state index in [-0.39, 0.29) is 29.5 Å². The first-order valence-corrected chi connectivity index (χ1v) is 8.30. The molecular formula is C17H19FN2O3S. The average Bonchev–Trinajstić information content (AvgIpc) is 2.76. The number of thioether (sulfide) groups is 1. The van der Waals surface area contributed by atoms with Crippen LogP contribution >= 0.6 is 11.8 Å². The van der Waals surface area contributed by atoms with Gasteiger partial charge in [-0.2, -0.15) is 0 Å². The highest BCUT2D eigenvalue weighted by Gasteiger charge is 2.35. The Bertz CT molecular complexity index is 710. The quantitative estimate of drug-likeness (QED) is 0.848. The summed E-state index contributed by atoms with van der Waals surface area (Å²) in [5.41, 5.74) is -0.284. The maximum Gasteiger partial charge on any atom is 0.293 e. The maximum atomic E-state index is 13.7. The van der Waals surface area contributed by atoms with Crippen LogP contribution in [0.1, 0.15) is 26.3 Å². The molecule has 24 heavy (non-hydrogen) atoms. The summed E-state index contributed by atoms with van der Waals surface area (Å²) in [6.45, 7) is 5.60. The maximum absolute atomic E-state index is 13.7. The SMILES string of the molecule is CC(C)(C)C(=O)NCCN1C(=O)S/C(=C\c2ccccc2F)C1=O. The first-order valence-electron chi connectivity index (χ1n) is 7.48. The lowest BCUT2D eigenvalue weighted by Crippen LogP contribution is -2.41. The normalized spacial score (nSPS) is 16.8. The average molecular weight is 350 g/mol. The summed E-state index contributed by atoms with van der Waals surface area (Å²) >= 11 is 0.769. The van der Waals surface area contributed by atoms with Crippen LogP contribution in [-0.4, -0.2) is 35.0 Å². The van der Waals surface area contributed by atoms with E-state index in [0.29, 0.717) is 0 Å². The number of imide groups is 1. The van der Waals surface area contributed by atoms with Crippen LogP contribution in [0.3, 0.4) is 0 Å². The Kier molecular flexibility index (Phi) is 5.43. The van der Waals surface area contributed by atoms with Gasteiger partial charge in [0.2, 0.25) is 5.91 Å². The van der Waals surface area contributed by atoms with E-state index >= 15 is 0 Å². The van der Waals surface area contributed by atoms with Crippen molar-refractivity contribution in [3.05, 3.63) is 40.6 Å². The van der Waals surface area contributed by atoms with Crippen LogP contribution in [0.4, 0.5) is 9.18 Å². The molecule has 1 aromatic rings. The molecule has 0 unspecified atom stereocenters. The van der Waals surface area contributed by atoms with E-state index in [1.54, 1.807) is 32.9 Å². The van der Waals surface area contributed by atoms with Gasteiger partial charge >= 0.3 is 0 Å². The van der Waals surface area contributed by atoms with Crippen LogP contribution in [0.15, 0.2) is 29.2 Å². The summed E-state index contributed by atoms with van der Waals surface area (Å²) in [6, 6.07) is 6.03. The molecular weight excluding hydrogens is 331 g/mol. The Hall–Kier alpha value is -2.15. The number of carbonyl (C=O) groups excluding carboxylic acids is 3. The smallest absolute Gasteiger partial charge is 0.293 e. The molecule has 1 aromatic carbocycles. The molecule has 5 nitrogen and oxygen atoms in total. The lowest BCUT2D eigenvalue weighted by molar-refractivity contribution is -0.129. The minimum atomic E-state index is -0.538. The Balaban J connectivity index is 2.02. The van der Waals surface area contributed by atoms with E-state index in [2.05, 4.69) is 5.32 Å². The van der Waals surface area contributed by atoms with E-state index in [0.717, 1.165) is 16.7 Å². The van der Waals surface area contributed by atoms with Gasteiger partial charge in [0.25, 0.3) is 11.1 Å². The summed E-state index contributed by atoms with van der Waals surface area (Å²) in [6.07, 6.45) is 1.37. The van der Waals surface area contributed by atoms with Gasteiger partial charge in [-0.15, -0.1) is 0 Å². The Morgan fingerprint density at radius 2 is 1.96 bits per heavy atom. The lowest BCUT2D eigenvalue weighted by atomic mass is 9.96. The Labute approximate surface area is 144 Å². The van der Waals surface area contributed by atoms with Crippen molar-refractivity contribution in [2.75, 3.05) is 13.1 Å². The standard InChI is InChI=1S/C17H19FN2O3S/c1-17(2,3)15(22)19-8-9-20-14(21)13(24-16(20)23)10-11-6-4-5-7-12(11)18/h4-7,10H,8-9H2,1-3H3,(H,19,22)/b13-10-. The highest BCUT2D eigenvalue weighted by atomic mass is 32.2. The Morgan fingerprint density at radius 3 is 2.58 bits per heavy atom. The summed E-state index contributed by atoms with van der Waals surface area (Å²) < 4.78 is 13.7. The lowest BCUT2D eigenvalue weighted by Gasteiger charge is -2.19. The molecule has 1 aliphatic rings. The molecule has 1 saturated heterocycles. The van der Waals surface area contributed by atoms with Crippen molar-refractivity contribution < 1.29 is 18.8 Å². The second-order valence-electron chi connectivity index (χ2n) is 6.36. The predicted molar refractivity (Wildman–Crippen MR) is 91.5 cm³/mol. The van der Waals surface area contributed by atoms with Crippen molar-refractivity contribution in [1.82, 2.24) is 10.2 Å². The number of nitrogens with zero attached hydrogens (tertiary/aromatic N) is 1. The number of rotatable bonds is 4. The Morgan fingerprint density at radius 1 is 1.29 bits per heavy atom. The van der Waals surface area contributed by atoms with E-state index in [1.807, 2.05) is 0 Å². The molecule has 2 rings (SSSR count). The number of nitrogens with one attached hydrogen (secondary N) is 1. The third-order valence-corrected chi connectivity index (χ3v) is 4.27. The van der Waals surface area contributed by atoms with Crippen LogP contribution in [0, 0.1) is 11.2 Å². The van der Waals surface area contributed by atoms with Gasteiger partial charge in [-0.05, 0) is 23.9 Å². The molecule has 7 heteroatoms. The minimum Gasteiger partial charge on any atom is -0.354 e. The second kappa shape index (κ2) is 7.17. The third kappa shape index (κ3) is 4.23. The second-order valence-corrected chi connectivity index (χ2v) is 7.35. The third-order valence-electron chi connectivity index (χ3n) is 3.37. The van der Waals surface area contributed by atoms with Crippen LogP contribution in [-0.2, 0) is 9.59 Å². The zero-order valence-corrected chi connectivity index (χ0v) is 14.6. The van der Waals surface area contributed by atoms with Crippen molar-refractivity contribution >= 4 is 34.9 Å². The van der Waals surface area contributed by atoms with E-state index in [4.69, 9.17) is 0 Å². The van der Waals surface area contributed by atoms with Gasteiger partial charge in [0.15, 0.2) is 0 Å². The number of amides is 3. The molecule has 0 aliphatic carbocycles. The molecule has 0 spiro atoms. The molecule has 0 aromatic heterocycles. The molecule has 1 N–H and O–H groups in total. The van der Waals surface area contributed by atoms with Crippen molar-refractivity contribution in [2.24, 2.45) is 5.41 Å². The van der Waals surface area contributed by atoms with Gasteiger partial charge in [0.1, 0.15) is 5.82 Å². The molecule has 128 valence electrons. The topological polar surface area (TPSA) is 66.5 Å². The number of hydrogen-bond donors (Lipinski definition) is 1. The highest BCUT2D eigenvalue weighted by Crippen LogP contribution is 2.32. The molecule has 0 radical (unpaired) electrons. The number of halogens is 1. The van der Waals surface area contributed by atoms with E-state index < -0.39 is 22.4 Å².